The second-order valence-electron chi connectivity index (χ2n) is 6.24. The van der Waals surface area contributed by atoms with Gasteiger partial charge in [-0.25, -0.2) is 0 Å². The highest BCUT2D eigenvalue weighted by atomic mass is 35.5. The molecule has 0 saturated heterocycles. The lowest BCUT2D eigenvalue weighted by Gasteiger charge is -2.21. The van der Waals surface area contributed by atoms with E-state index in [0.29, 0.717) is 17.4 Å². The van der Waals surface area contributed by atoms with Crippen molar-refractivity contribution in [3.8, 4) is 0 Å². The topological polar surface area (TPSA) is 58.2 Å². The number of carbonyl (C=O) groups excluding carboxylic acids is 1. The van der Waals surface area contributed by atoms with Crippen LogP contribution in [-0.2, 0) is 21.3 Å². The molecular weight excluding hydrogens is 344 g/mol. The maximum absolute atomic E-state index is 12.5. The van der Waals surface area contributed by atoms with Crippen molar-refractivity contribution in [3.05, 3.63) is 29.8 Å². The molecule has 1 aromatic carbocycles. The molecular formula is C18H29ClN2O2S. The Morgan fingerprint density at radius 2 is 2.00 bits per heavy atom. The van der Waals surface area contributed by atoms with E-state index in [-0.39, 0.29) is 18.3 Å². The largest absolute Gasteiger partial charge is 0.326 e. The first-order valence-electron chi connectivity index (χ1n) is 8.59. The van der Waals surface area contributed by atoms with Gasteiger partial charge in [0.1, 0.15) is 0 Å². The minimum absolute atomic E-state index is 0. The molecule has 0 heterocycles. The lowest BCUT2D eigenvalue weighted by molar-refractivity contribution is -0.116. The van der Waals surface area contributed by atoms with Crippen molar-refractivity contribution in [2.24, 2.45) is 0 Å². The smallest absolute Gasteiger partial charge is 0.224 e. The standard InChI is InChI=1S/C18H28N2O2S.ClH/c1-19-12-6-11-18(21)20-16-8-5-7-15(13-16)14-23(22)17-9-3-2-4-10-17;/h5,7-8,13,17,19H,2-4,6,9-12,14H2,1H3,(H,20,21);1H. The molecule has 1 unspecified atom stereocenters. The zero-order valence-corrected chi connectivity index (χ0v) is 16.0. The Labute approximate surface area is 154 Å². The van der Waals surface area contributed by atoms with Crippen molar-refractivity contribution in [2.45, 2.75) is 55.9 Å². The third-order valence-electron chi connectivity index (χ3n) is 4.27. The highest BCUT2D eigenvalue weighted by Crippen LogP contribution is 2.24. The van der Waals surface area contributed by atoms with Crippen molar-refractivity contribution in [3.63, 3.8) is 0 Å². The van der Waals surface area contributed by atoms with Gasteiger partial charge in [-0.2, -0.15) is 0 Å². The number of anilines is 1. The van der Waals surface area contributed by atoms with E-state index in [2.05, 4.69) is 10.6 Å². The number of carbonyl (C=O) groups is 1. The molecule has 0 spiro atoms. The number of nitrogens with one attached hydrogen (secondary N) is 2. The van der Waals surface area contributed by atoms with Crippen molar-refractivity contribution < 1.29 is 9.00 Å². The first-order valence-corrected chi connectivity index (χ1v) is 9.98. The van der Waals surface area contributed by atoms with Crippen LogP contribution in [0.1, 0.15) is 50.5 Å². The fraction of sp³-hybridized carbons (Fsp3) is 0.611. The Kier molecular flexibility index (Phi) is 10.2. The monoisotopic (exact) mass is 372 g/mol. The second-order valence-corrected chi connectivity index (χ2v) is 7.96. The average molecular weight is 373 g/mol. The summed E-state index contributed by atoms with van der Waals surface area (Å²) >= 11 is 0. The van der Waals surface area contributed by atoms with Crippen molar-refractivity contribution in [1.82, 2.24) is 5.32 Å². The van der Waals surface area contributed by atoms with Gasteiger partial charge in [-0.1, -0.05) is 31.4 Å². The van der Waals surface area contributed by atoms with E-state index in [4.69, 9.17) is 0 Å². The van der Waals surface area contributed by atoms with Crippen LogP contribution >= 0.6 is 12.4 Å². The number of benzene rings is 1. The van der Waals surface area contributed by atoms with Crippen LogP contribution in [-0.4, -0.2) is 29.0 Å². The van der Waals surface area contributed by atoms with E-state index in [1.54, 1.807) is 0 Å². The van der Waals surface area contributed by atoms with Gasteiger partial charge in [0.25, 0.3) is 0 Å². The zero-order valence-electron chi connectivity index (χ0n) is 14.4. The fourth-order valence-corrected chi connectivity index (χ4v) is 4.60. The molecule has 1 amide bonds. The number of amides is 1. The molecule has 0 aromatic heterocycles. The maximum Gasteiger partial charge on any atom is 0.224 e. The minimum Gasteiger partial charge on any atom is -0.326 e. The lowest BCUT2D eigenvalue weighted by atomic mass is 10.0. The molecule has 6 heteroatoms. The molecule has 4 nitrogen and oxygen atoms in total. The van der Waals surface area contributed by atoms with Crippen LogP contribution in [0.25, 0.3) is 0 Å². The third-order valence-corrected chi connectivity index (χ3v) is 6.11. The van der Waals surface area contributed by atoms with Crippen LogP contribution in [0, 0.1) is 0 Å². The molecule has 1 saturated carbocycles. The summed E-state index contributed by atoms with van der Waals surface area (Å²) in [5.41, 5.74) is 1.85. The maximum atomic E-state index is 12.5. The number of rotatable bonds is 8. The molecule has 1 aromatic rings. The van der Waals surface area contributed by atoms with Gasteiger partial charge in [0.2, 0.25) is 5.91 Å². The van der Waals surface area contributed by atoms with Crippen LogP contribution < -0.4 is 10.6 Å². The van der Waals surface area contributed by atoms with Crippen molar-refractivity contribution >= 4 is 34.8 Å². The SMILES string of the molecule is CNCCCC(=O)Nc1cccc(CS(=O)C2CCCCC2)c1.Cl. The molecule has 1 atom stereocenters. The van der Waals surface area contributed by atoms with Gasteiger partial charge >= 0.3 is 0 Å². The summed E-state index contributed by atoms with van der Waals surface area (Å²) in [6.45, 7) is 0.841. The number of halogens is 1. The van der Waals surface area contributed by atoms with E-state index in [0.717, 1.165) is 37.1 Å². The quantitative estimate of drug-likeness (QED) is 0.685. The molecule has 0 bridgehead atoms. The first kappa shape index (κ1) is 21.1. The minimum atomic E-state index is -0.805. The Bertz CT molecular complexity index is 534. The average Bonchev–Trinajstić information content (AvgIpc) is 2.56. The molecule has 1 fully saturated rings. The summed E-state index contributed by atoms with van der Waals surface area (Å²) < 4.78 is 12.5. The predicted octanol–water partition coefficient (Wildman–Crippen LogP) is 3.63. The molecule has 2 N–H and O–H groups in total. The van der Waals surface area contributed by atoms with Crippen LogP contribution in [0.15, 0.2) is 24.3 Å². The van der Waals surface area contributed by atoms with Crippen LogP contribution in [0.3, 0.4) is 0 Å². The first-order chi connectivity index (χ1) is 11.2. The molecule has 0 radical (unpaired) electrons. The summed E-state index contributed by atoms with van der Waals surface area (Å²) in [4.78, 5) is 11.9. The number of hydrogen-bond donors (Lipinski definition) is 2. The van der Waals surface area contributed by atoms with Crippen LogP contribution in [0.2, 0.25) is 0 Å². The summed E-state index contributed by atoms with van der Waals surface area (Å²) in [5, 5.41) is 6.31. The van der Waals surface area contributed by atoms with Crippen molar-refractivity contribution in [1.29, 1.82) is 0 Å². The van der Waals surface area contributed by atoms with Gasteiger partial charge in [-0.3, -0.25) is 9.00 Å². The molecule has 136 valence electrons. The summed E-state index contributed by atoms with van der Waals surface area (Å²) in [7, 11) is 1.08. The Hall–Kier alpha value is -0.910. The molecule has 1 aliphatic rings. The Morgan fingerprint density at radius 3 is 2.71 bits per heavy atom. The summed E-state index contributed by atoms with van der Waals surface area (Å²) in [5.74, 6) is 0.625. The van der Waals surface area contributed by atoms with Crippen LogP contribution in [0.4, 0.5) is 5.69 Å². The third kappa shape index (κ3) is 7.32. The summed E-state index contributed by atoms with van der Waals surface area (Å²) in [6.07, 6.45) is 7.22. The Balaban J connectivity index is 0.00000288. The van der Waals surface area contributed by atoms with Gasteiger partial charge in [-0.15, -0.1) is 12.4 Å². The van der Waals surface area contributed by atoms with Gasteiger partial charge < -0.3 is 10.6 Å². The van der Waals surface area contributed by atoms with E-state index >= 15 is 0 Å². The van der Waals surface area contributed by atoms with E-state index < -0.39 is 10.8 Å². The van der Waals surface area contributed by atoms with Gasteiger partial charge in [-0.05, 0) is 50.6 Å². The lowest BCUT2D eigenvalue weighted by Crippen LogP contribution is -2.20. The molecule has 0 aliphatic heterocycles. The van der Waals surface area contributed by atoms with E-state index in [1.807, 2.05) is 31.3 Å². The highest BCUT2D eigenvalue weighted by molar-refractivity contribution is 7.84. The molecule has 1 aliphatic carbocycles. The molecule has 24 heavy (non-hydrogen) atoms. The number of hydrogen-bond acceptors (Lipinski definition) is 3. The van der Waals surface area contributed by atoms with E-state index in [1.165, 1.54) is 19.3 Å². The molecule has 2 rings (SSSR count). The highest BCUT2D eigenvalue weighted by Gasteiger charge is 2.19. The van der Waals surface area contributed by atoms with Crippen LogP contribution in [0.5, 0.6) is 0 Å². The zero-order chi connectivity index (χ0) is 16.5. The van der Waals surface area contributed by atoms with Crippen molar-refractivity contribution in [2.75, 3.05) is 18.9 Å². The second kappa shape index (κ2) is 11.6. The van der Waals surface area contributed by atoms with Gasteiger partial charge in [0, 0.05) is 33.9 Å². The van der Waals surface area contributed by atoms with Gasteiger partial charge in [0.15, 0.2) is 0 Å². The van der Waals surface area contributed by atoms with Gasteiger partial charge in [0.05, 0.1) is 0 Å². The summed E-state index contributed by atoms with van der Waals surface area (Å²) in [6, 6.07) is 7.77. The normalized spacial score (nSPS) is 16.2. The predicted molar refractivity (Wildman–Crippen MR) is 104 cm³/mol. The fourth-order valence-electron chi connectivity index (χ4n) is 3.00. The van der Waals surface area contributed by atoms with E-state index in [9.17, 15) is 9.00 Å². The Morgan fingerprint density at radius 1 is 1.25 bits per heavy atom.